The topological polar surface area (TPSA) is 93.4 Å². The first-order valence-electron chi connectivity index (χ1n) is 11.2. The van der Waals surface area contributed by atoms with E-state index in [0.717, 1.165) is 43.6 Å². The van der Waals surface area contributed by atoms with E-state index in [0.29, 0.717) is 13.2 Å². The molecule has 0 bridgehead atoms. The third-order valence-corrected chi connectivity index (χ3v) is 4.74. The molecular weight excluding hydrogens is 394 g/mol. The first-order chi connectivity index (χ1) is 15.1. The van der Waals surface area contributed by atoms with Crippen LogP contribution < -0.4 is 10.1 Å². The largest absolute Gasteiger partial charge is 0.463 e. The Bertz CT molecular complexity index is 756. The number of unbranched alkanes of at least 4 members (excludes halogenated alkanes) is 1. The van der Waals surface area contributed by atoms with Gasteiger partial charge in [0.2, 0.25) is 5.82 Å². The highest BCUT2D eigenvalue weighted by Gasteiger charge is 2.18. The highest BCUT2D eigenvalue weighted by atomic mass is 16.6. The van der Waals surface area contributed by atoms with Gasteiger partial charge >= 0.3 is 11.7 Å². The summed E-state index contributed by atoms with van der Waals surface area (Å²) in [5.41, 5.74) is 1.95. The molecule has 1 aliphatic heterocycles. The molecule has 0 aromatic carbocycles. The summed E-state index contributed by atoms with van der Waals surface area (Å²) in [4.78, 5) is 21.4. The Hall–Kier alpha value is -2.74. The van der Waals surface area contributed by atoms with E-state index in [1.807, 2.05) is 32.9 Å². The molecule has 1 saturated heterocycles. The summed E-state index contributed by atoms with van der Waals surface area (Å²) >= 11 is 0. The quantitative estimate of drug-likeness (QED) is 0.211. The number of rotatable bonds is 12. The number of nitro groups is 1. The third-order valence-electron chi connectivity index (χ3n) is 4.74. The maximum atomic E-state index is 11.3. The molecule has 0 aliphatic carbocycles. The number of hydrogen-bond acceptors (Lipinski definition) is 7. The third kappa shape index (κ3) is 9.29. The monoisotopic (exact) mass is 431 g/mol. The van der Waals surface area contributed by atoms with Gasteiger partial charge in [0.25, 0.3) is 0 Å². The van der Waals surface area contributed by atoms with Crippen molar-refractivity contribution >= 4 is 11.5 Å². The van der Waals surface area contributed by atoms with Gasteiger partial charge in [0.15, 0.2) is 0 Å². The molecule has 0 amide bonds. The Balaban J connectivity index is 0.00000233. The van der Waals surface area contributed by atoms with Crippen molar-refractivity contribution in [3.63, 3.8) is 0 Å². The summed E-state index contributed by atoms with van der Waals surface area (Å²) in [6.45, 7) is 15.9. The van der Waals surface area contributed by atoms with Crippen molar-refractivity contribution < 1.29 is 9.66 Å². The number of ether oxygens (including phenoxy) is 1. The van der Waals surface area contributed by atoms with Gasteiger partial charge in [-0.25, -0.2) is 0 Å². The van der Waals surface area contributed by atoms with E-state index in [-0.39, 0.29) is 17.5 Å². The van der Waals surface area contributed by atoms with E-state index >= 15 is 0 Å². The van der Waals surface area contributed by atoms with Crippen LogP contribution in [-0.2, 0) is 0 Å². The highest BCUT2D eigenvalue weighted by Crippen LogP contribution is 2.23. The molecule has 0 spiro atoms. The van der Waals surface area contributed by atoms with E-state index in [4.69, 9.17) is 4.74 Å². The summed E-state index contributed by atoms with van der Waals surface area (Å²) in [6, 6.07) is 0.143. The zero-order chi connectivity index (χ0) is 23.1. The van der Waals surface area contributed by atoms with Crippen molar-refractivity contribution in [2.45, 2.75) is 53.4 Å². The Kier molecular flexibility index (Phi) is 12.8. The van der Waals surface area contributed by atoms with E-state index < -0.39 is 4.92 Å². The smallest absolute Gasteiger partial charge is 0.329 e. The zero-order valence-electron chi connectivity index (χ0n) is 19.4. The molecule has 1 aromatic rings. The van der Waals surface area contributed by atoms with Gasteiger partial charge in [-0.3, -0.25) is 15.0 Å². The molecule has 172 valence electrons. The van der Waals surface area contributed by atoms with Gasteiger partial charge in [-0.15, -0.1) is 0 Å². The molecule has 0 saturated carbocycles. The Labute approximate surface area is 186 Å². The molecule has 8 nitrogen and oxygen atoms in total. The van der Waals surface area contributed by atoms with Crippen molar-refractivity contribution in [3.05, 3.63) is 52.3 Å². The summed E-state index contributed by atoms with van der Waals surface area (Å²) in [7, 11) is 0. The lowest BCUT2D eigenvalue weighted by molar-refractivity contribution is -0.384. The zero-order valence-corrected chi connectivity index (χ0v) is 19.4. The van der Waals surface area contributed by atoms with E-state index in [2.05, 4.69) is 39.8 Å². The van der Waals surface area contributed by atoms with Crippen LogP contribution in [0.2, 0.25) is 0 Å². The average Bonchev–Trinajstić information content (AvgIpc) is 3.30. The molecule has 1 aliphatic rings. The fourth-order valence-electron chi connectivity index (χ4n) is 3.03. The minimum absolute atomic E-state index is 0.143. The van der Waals surface area contributed by atoms with Crippen molar-refractivity contribution in [2.75, 3.05) is 38.1 Å². The Morgan fingerprint density at radius 1 is 1.35 bits per heavy atom. The summed E-state index contributed by atoms with van der Waals surface area (Å²) in [5.74, 6) is 0.156. The lowest BCUT2D eigenvalue weighted by Crippen LogP contribution is -2.21. The van der Waals surface area contributed by atoms with Crippen LogP contribution >= 0.6 is 0 Å². The average molecular weight is 432 g/mol. The normalized spacial score (nSPS) is 14.6. The predicted molar refractivity (Wildman–Crippen MR) is 127 cm³/mol. The Morgan fingerprint density at radius 3 is 2.65 bits per heavy atom. The van der Waals surface area contributed by atoms with Crippen molar-refractivity contribution in [3.8, 4) is 6.01 Å². The molecule has 31 heavy (non-hydrogen) atoms. The minimum Gasteiger partial charge on any atom is -0.463 e. The molecule has 1 N–H and O–H groups in total. The predicted octanol–water partition coefficient (Wildman–Crippen LogP) is 5.16. The molecule has 0 atom stereocenters. The molecule has 2 heterocycles. The van der Waals surface area contributed by atoms with Crippen LogP contribution in [0.1, 0.15) is 53.4 Å². The van der Waals surface area contributed by atoms with Crippen molar-refractivity contribution in [1.82, 2.24) is 14.9 Å². The standard InChI is InChI=1S/C21H31N5O3.C2H6/c1-4-7-12-29-21-23-15-19(26(27)28)20(24-21)22-14-17(5-2)13-18(6-3)16-25-10-8-9-11-25;1-2/h5-6,13,15H,3-4,7-12,14,16H2,1-2H3,(H,22,23,24);1-2H3/b17-5+,18-13+;. The van der Waals surface area contributed by atoms with Gasteiger partial charge in [0.1, 0.15) is 6.20 Å². The molecule has 2 rings (SSSR count). The van der Waals surface area contributed by atoms with Crippen LogP contribution in [0.5, 0.6) is 6.01 Å². The molecule has 0 radical (unpaired) electrons. The summed E-state index contributed by atoms with van der Waals surface area (Å²) in [5, 5.41) is 14.4. The number of aromatic nitrogens is 2. The highest BCUT2D eigenvalue weighted by molar-refractivity contribution is 5.56. The van der Waals surface area contributed by atoms with Crippen LogP contribution in [0, 0.1) is 10.1 Å². The number of anilines is 1. The van der Waals surface area contributed by atoms with E-state index in [1.165, 1.54) is 19.0 Å². The van der Waals surface area contributed by atoms with Crippen molar-refractivity contribution in [2.24, 2.45) is 0 Å². The van der Waals surface area contributed by atoms with Gasteiger partial charge in [-0.1, -0.05) is 52.0 Å². The summed E-state index contributed by atoms with van der Waals surface area (Å²) < 4.78 is 5.48. The van der Waals surface area contributed by atoms with Crippen LogP contribution in [0.4, 0.5) is 11.5 Å². The van der Waals surface area contributed by atoms with E-state index in [9.17, 15) is 10.1 Å². The number of hydrogen-bond donors (Lipinski definition) is 1. The van der Waals surface area contributed by atoms with Crippen LogP contribution in [-0.4, -0.2) is 52.6 Å². The number of nitrogens with zero attached hydrogens (tertiary/aromatic N) is 4. The lowest BCUT2D eigenvalue weighted by Gasteiger charge is -2.16. The van der Waals surface area contributed by atoms with Gasteiger partial charge < -0.3 is 10.1 Å². The lowest BCUT2D eigenvalue weighted by atomic mass is 10.1. The first-order valence-corrected chi connectivity index (χ1v) is 11.2. The van der Waals surface area contributed by atoms with Gasteiger partial charge in [0.05, 0.1) is 11.5 Å². The minimum atomic E-state index is -0.494. The van der Waals surface area contributed by atoms with Crippen molar-refractivity contribution in [1.29, 1.82) is 0 Å². The van der Waals surface area contributed by atoms with E-state index in [1.54, 1.807) is 0 Å². The van der Waals surface area contributed by atoms with Crippen LogP contribution in [0.25, 0.3) is 0 Å². The van der Waals surface area contributed by atoms with Gasteiger partial charge in [-0.05, 0) is 50.4 Å². The Morgan fingerprint density at radius 2 is 2.06 bits per heavy atom. The second kappa shape index (κ2) is 15.1. The fraction of sp³-hybridized carbons (Fsp3) is 0.565. The summed E-state index contributed by atoms with van der Waals surface area (Å²) in [6.07, 6.45) is 11.4. The maximum absolute atomic E-state index is 11.3. The second-order valence-electron chi connectivity index (χ2n) is 6.97. The SMILES string of the molecule is C=C/C(=C\C(=C/C)CNc1nc(OCCCC)ncc1[N+](=O)[O-])CN1CCCC1.CC. The van der Waals surface area contributed by atoms with Crippen LogP contribution in [0.15, 0.2) is 42.2 Å². The first kappa shape index (κ1) is 26.3. The van der Waals surface area contributed by atoms with Gasteiger partial charge in [0, 0.05) is 13.1 Å². The van der Waals surface area contributed by atoms with Crippen LogP contribution in [0.3, 0.4) is 0 Å². The molecule has 1 fully saturated rings. The molecule has 1 aromatic heterocycles. The number of likely N-dealkylation sites (tertiary alicyclic amines) is 1. The molecular formula is C23H37N5O3. The van der Waals surface area contributed by atoms with Gasteiger partial charge in [-0.2, -0.15) is 9.97 Å². The number of allylic oxidation sites excluding steroid dienone is 1. The fourth-order valence-corrected chi connectivity index (χ4v) is 3.03. The maximum Gasteiger partial charge on any atom is 0.329 e. The number of nitrogens with one attached hydrogen (secondary N) is 1. The molecule has 8 heteroatoms. The second-order valence-corrected chi connectivity index (χ2v) is 6.97. The molecule has 0 unspecified atom stereocenters.